The van der Waals surface area contributed by atoms with Gasteiger partial charge in [-0.25, -0.2) is 4.79 Å². The maximum absolute atomic E-state index is 10.3. The number of carbonyl (C=O) groups is 1. The number of aromatic nitrogens is 2. The molecule has 3 rings (SSSR count). The van der Waals surface area contributed by atoms with Crippen molar-refractivity contribution in [1.29, 1.82) is 0 Å². The van der Waals surface area contributed by atoms with Gasteiger partial charge in [0.1, 0.15) is 5.52 Å². The van der Waals surface area contributed by atoms with Crippen LogP contribution in [0.3, 0.4) is 0 Å². The molecule has 0 spiro atoms. The van der Waals surface area contributed by atoms with Crippen LogP contribution in [0.2, 0.25) is 0 Å². The summed E-state index contributed by atoms with van der Waals surface area (Å²) in [5.41, 5.74) is 0.992. The number of amides is 1. The second-order valence-corrected chi connectivity index (χ2v) is 5.02. The van der Waals surface area contributed by atoms with Gasteiger partial charge < -0.3 is 10.4 Å². The van der Waals surface area contributed by atoms with Gasteiger partial charge in [-0.1, -0.05) is 18.2 Å². The first-order valence-electron chi connectivity index (χ1n) is 5.55. The van der Waals surface area contributed by atoms with E-state index in [2.05, 4.69) is 22.5 Å². The van der Waals surface area contributed by atoms with Gasteiger partial charge in [-0.2, -0.15) is 5.10 Å². The second kappa shape index (κ2) is 4.30. The van der Waals surface area contributed by atoms with Crippen LogP contribution in [0, 0.1) is 0 Å². The summed E-state index contributed by atoms with van der Waals surface area (Å²) in [7, 11) is 0. The molecular weight excluding hydrogens is 250 g/mol. The predicted octanol–water partition coefficient (Wildman–Crippen LogP) is 2.52. The van der Waals surface area contributed by atoms with Crippen LogP contribution in [0.15, 0.2) is 30.5 Å². The molecule has 0 aliphatic heterocycles. The van der Waals surface area contributed by atoms with Gasteiger partial charge in [0.25, 0.3) is 0 Å². The zero-order valence-electron chi connectivity index (χ0n) is 9.46. The Morgan fingerprint density at radius 1 is 1.39 bits per heavy atom. The van der Waals surface area contributed by atoms with Gasteiger partial charge in [-0.3, -0.25) is 4.68 Å². The van der Waals surface area contributed by atoms with Crippen molar-refractivity contribution in [3.05, 3.63) is 30.5 Å². The summed E-state index contributed by atoms with van der Waals surface area (Å²) in [6, 6.07) is 8.15. The second-order valence-electron chi connectivity index (χ2n) is 3.94. The molecule has 18 heavy (non-hydrogen) atoms. The zero-order chi connectivity index (χ0) is 12.5. The summed E-state index contributed by atoms with van der Waals surface area (Å²) < 4.78 is 4.14. The standard InChI is InChI=1S/C12H11N3O2S/c16-12(17)13-5-6-15-7-10-11(14-15)8-3-1-2-4-9(8)18-10/h1-4,7,13H,5-6H2,(H,16,17). The van der Waals surface area contributed by atoms with Crippen LogP contribution in [0.4, 0.5) is 4.79 Å². The Labute approximate surface area is 107 Å². The molecule has 1 amide bonds. The molecule has 2 aromatic heterocycles. The third kappa shape index (κ3) is 1.91. The first-order valence-corrected chi connectivity index (χ1v) is 6.37. The average molecular weight is 261 g/mol. The Morgan fingerprint density at radius 3 is 3.06 bits per heavy atom. The highest BCUT2D eigenvalue weighted by atomic mass is 32.1. The molecule has 0 unspecified atom stereocenters. The van der Waals surface area contributed by atoms with Gasteiger partial charge in [0, 0.05) is 22.8 Å². The van der Waals surface area contributed by atoms with E-state index in [0.717, 1.165) is 15.6 Å². The van der Waals surface area contributed by atoms with Gasteiger partial charge in [-0.05, 0) is 6.07 Å². The van der Waals surface area contributed by atoms with Crippen molar-refractivity contribution in [3.8, 4) is 0 Å². The average Bonchev–Trinajstić information content (AvgIpc) is 2.85. The zero-order valence-corrected chi connectivity index (χ0v) is 10.3. The third-order valence-electron chi connectivity index (χ3n) is 2.71. The van der Waals surface area contributed by atoms with E-state index in [9.17, 15) is 4.79 Å². The monoisotopic (exact) mass is 261 g/mol. The summed E-state index contributed by atoms with van der Waals surface area (Å²) in [5.74, 6) is 0. The van der Waals surface area contributed by atoms with Crippen molar-refractivity contribution in [2.24, 2.45) is 0 Å². The topological polar surface area (TPSA) is 67.2 Å². The van der Waals surface area contributed by atoms with Crippen LogP contribution in [-0.2, 0) is 6.54 Å². The fourth-order valence-electron chi connectivity index (χ4n) is 1.93. The minimum absolute atomic E-state index is 0.363. The molecule has 0 aliphatic carbocycles. The number of rotatable bonds is 3. The van der Waals surface area contributed by atoms with Gasteiger partial charge in [0.05, 0.1) is 11.2 Å². The number of hydrogen-bond acceptors (Lipinski definition) is 3. The molecule has 0 saturated carbocycles. The first kappa shape index (κ1) is 11.0. The van der Waals surface area contributed by atoms with Gasteiger partial charge in [0.2, 0.25) is 0 Å². The van der Waals surface area contributed by atoms with E-state index < -0.39 is 6.09 Å². The number of fused-ring (bicyclic) bond motifs is 3. The lowest BCUT2D eigenvalue weighted by molar-refractivity contribution is 0.194. The molecule has 0 fully saturated rings. The van der Waals surface area contributed by atoms with Gasteiger partial charge in [0.15, 0.2) is 0 Å². The normalized spacial score (nSPS) is 11.1. The van der Waals surface area contributed by atoms with Crippen LogP contribution in [0.25, 0.3) is 20.3 Å². The quantitative estimate of drug-likeness (QED) is 0.761. The lowest BCUT2D eigenvalue weighted by Gasteiger charge is -2.00. The molecule has 0 aliphatic rings. The number of nitrogens with zero attached hydrogens (tertiary/aromatic N) is 2. The molecule has 0 bridgehead atoms. The predicted molar refractivity (Wildman–Crippen MR) is 71.1 cm³/mol. The van der Waals surface area contributed by atoms with E-state index in [4.69, 9.17) is 5.11 Å². The summed E-state index contributed by atoms with van der Waals surface area (Å²) in [5, 5.41) is 16.5. The Morgan fingerprint density at radius 2 is 2.22 bits per heavy atom. The van der Waals surface area contributed by atoms with Crippen molar-refractivity contribution < 1.29 is 9.90 Å². The molecule has 1 aromatic carbocycles. The maximum atomic E-state index is 10.3. The smallest absolute Gasteiger partial charge is 0.404 e. The van der Waals surface area contributed by atoms with Gasteiger partial charge in [-0.15, -0.1) is 11.3 Å². The Bertz CT molecular complexity index is 716. The molecule has 0 radical (unpaired) electrons. The Balaban J connectivity index is 1.89. The molecule has 5 nitrogen and oxygen atoms in total. The van der Waals surface area contributed by atoms with Crippen LogP contribution >= 0.6 is 11.3 Å². The largest absolute Gasteiger partial charge is 0.465 e. The van der Waals surface area contributed by atoms with Crippen molar-refractivity contribution >= 4 is 37.7 Å². The van der Waals surface area contributed by atoms with Crippen LogP contribution in [-0.4, -0.2) is 27.5 Å². The summed E-state index contributed by atoms with van der Waals surface area (Å²) in [6.07, 6.45) is 0.957. The lowest BCUT2D eigenvalue weighted by atomic mass is 10.2. The minimum atomic E-state index is -1.01. The Hall–Kier alpha value is -2.08. The number of thiophene rings is 1. The number of hydrogen-bond donors (Lipinski definition) is 2. The fraction of sp³-hybridized carbons (Fsp3) is 0.167. The third-order valence-corrected chi connectivity index (χ3v) is 3.80. The number of benzene rings is 1. The van der Waals surface area contributed by atoms with Crippen molar-refractivity contribution in [3.63, 3.8) is 0 Å². The van der Waals surface area contributed by atoms with Crippen molar-refractivity contribution in [1.82, 2.24) is 15.1 Å². The summed E-state index contributed by atoms with van der Waals surface area (Å²) in [6.45, 7) is 0.907. The van der Waals surface area contributed by atoms with Crippen LogP contribution < -0.4 is 5.32 Å². The summed E-state index contributed by atoms with van der Waals surface area (Å²) in [4.78, 5) is 10.3. The lowest BCUT2D eigenvalue weighted by Crippen LogP contribution is -2.25. The molecule has 2 heterocycles. The molecule has 2 N–H and O–H groups in total. The SMILES string of the molecule is O=C(O)NCCn1cc2sc3ccccc3c2n1. The van der Waals surface area contributed by atoms with Crippen molar-refractivity contribution in [2.75, 3.05) is 6.54 Å². The minimum Gasteiger partial charge on any atom is -0.465 e. The van der Waals surface area contributed by atoms with E-state index in [1.807, 2.05) is 18.3 Å². The molecule has 6 heteroatoms. The Kier molecular flexibility index (Phi) is 2.64. The number of nitrogens with one attached hydrogen (secondary N) is 1. The molecule has 0 atom stereocenters. The maximum Gasteiger partial charge on any atom is 0.404 e. The van der Waals surface area contributed by atoms with Crippen molar-refractivity contribution in [2.45, 2.75) is 6.54 Å². The molecule has 0 saturated heterocycles. The highest BCUT2D eigenvalue weighted by molar-refractivity contribution is 7.25. The molecular formula is C12H11N3O2S. The molecule has 3 aromatic rings. The number of carboxylic acid groups (broad SMARTS) is 1. The van der Waals surface area contributed by atoms with Crippen LogP contribution in [0.5, 0.6) is 0 Å². The van der Waals surface area contributed by atoms with E-state index in [0.29, 0.717) is 13.1 Å². The summed E-state index contributed by atoms with van der Waals surface area (Å²) >= 11 is 1.70. The molecule has 92 valence electrons. The van der Waals surface area contributed by atoms with E-state index in [1.54, 1.807) is 16.0 Å². The highest BCUT2D eigenvalue weighted by Crippen LogP contribution is 2.32. The van der Waals surface area contributed by atoms with E-state index >= 15 is 0 Å². The van der Waals surface area contributed by atoms with Gasteiger partial charge >= 0.3 is 6.09 Å². The van der Waals surface area contributed by atoms with Crippen LogP contribution in [0.1, 0.15) is 0 Å². The van der Waals surface area contributed by atoms with E-state index in [-0.39, 0.29) is 0 Å². The first-order chi connectivity index (χ1) is 8.74. The highest BCUT2D eigenvalue weighted by Gasteiger charge is 2.08. The van der Waals surface area contributed by atoms with E-state index in [1.165, 1.54) is 4.70 Å². The fourth-order valence-corrected chi connectivity index (χ4v) is 3.01.